The first-order valence-electron chi connectivity index (χ1n) is 8.71. The molecule has 0 radical (unpaired) electrons. The van der Waals surface area contributed by atoms with Gasteiger partial charge < -0.3 is 9.47 Å². The van der Waals surface area contributed by atoms with Gasteiger partial charge in [0.1, 0.15) is 5.75 Å². The Morgan fingerprint density at radius 1 is 0.929 bits per heavy atom. The zero-order chi connectivity index (χ0) is 20.1. The molecule has 0 amide bonds. The van der Waals surface area contributed by atoms with Crippen LogP contribution in [0.5, 0.6) is 5.75 Å². The van der Waals surface area contributed by atoms with Crippen molar-refractivity contribution >= 4 is 22.5 Å². The van der Waals surface area contributed by atoms with Gasteiger partial charge in [0.05, 0.1) is 12.2 Å². The van der Waals surface area contributed by atoms with Crippen LogP contribution in [0.25, 0.3) is 21.9 Å². The van der Waals surface area contributed by atoms with Crippen LogP contribution >= 0.6 is 0 Å². The Kier molecular flexibility index (Phi) is 5.82. The van der Waals surface area contributed by atoms with Gasteiger partial charge in [0.25, 0.3) is 0 Å². The summed E-state index contributed by atoms with van der Waals surface area (Å²) in [6.45, 7) is 7.29. The highest BCUT2D eigenvalue weighted by Crippen LogP contribution is 2.27. The maximum Gasteiger partial charge on any atom is 0.341 e. The zero-order valence-corrected chi connectivity index (χ0v) is 15.6. The number of carbonyl (C=O) groups excluding carboxylic acids is 2. The second kappa shape index (κ2) is 8.46. The third-order valence-electron chi connectivity index (χ3n) is 4.32. The minimum absolute atomic E-state index is 0.0932. The molecule has 0 atom stereocenters. The van der Waals surface area contributed by atoms with Crippen LogP contribution in [0.15, 0.2) is 85.5 Å². The van der Waals surface area contributed by atoms with E-state index in [2.05, 4.69) is 19.2 Å². The second-order valence-corrected chi connectivity index (χ2v) is 6.30. The van der Waals surface area contributed by atoms with E-state index in [4.69, 9.17) is 9.47 Å². The lowest BCUT2D eigenvalue weighted by molar-refractivity contribution is -0.130. The fourth-order valence-corrected chi connectivity index (χ4v) is 2.82. The SMILES string of the molecule is C=CC(=O)c1ccc2cc(-c3ccc(OC(=O)C(=C)COC)cc3)ccc2c1. The lowest BCUT2D eigenvalue weighted by Gasteiger charge is -2.08. The molecule has 28 heavy (non-hydrogen) atoms. The van der Waals surface area contributed by atoms with Gasteiger partial charge in [0.15, 0.2) is 5.78 Å². The average molecular weight is 372 g/mol. The molecule has 140 valence electrons. The number of ketones is 1. The Hall–Kier alpha value is -3.50. The molecule has 0 saturated carbocycles. The summed E-state index contributed by atoms with van der Waals surface area (Å²) in [4.78, 5) is 23.6. The summed E-state index contributed by atoms with van der Waals surface area (Å²) in [5.41, 5.74) is 2.90. The number of rotatable bonds is 7. The molecule has 0 aliphatic carbocycles. The molecule has 0 aliphatic rings. The first-order valence-corrected chi connectivity index (χ1v) is 8.71. The fourth-order valence-electron chi connectivity index (χ4n) is 2.82. The van der Waals surface area contributed by atoms with E-state index in [1.165, 1.54) is 13.2 Å². The summed E-state index contributed by atoms with van der Waals surface area (Å²) in [5, 5.41) is 2.02. The van der Waals surface area contributed by atoms with E-state index in [-0.39, 0.29) is 18.0 Å². The van der Waals surface area contributed by atoms with Gasteiger partial charge in [-0.2, -0.15) is 0 Å². The number of carbonyl (C=O) groups is 2. The number of methoxy groups -OCH3 is 1. The molecule has 0 aliphatic heterocycles. The molecule has 4 nitrogen and oxygen atoms in total. The van der Waals surface area contributed by atoms with Crippen LogP contribution in [0, 0.1) is 0 Å². The quantitative estimate of drug-likeness (QED) is 0.254. The molecule has 4 heteroatoms. The van der Waals surface area contributed by atoms with Crippen molar-refractivity contribution < 1.29 is 19.1 Å². The highest BCUT2D eigenvalue weighted by atomic mass is 16.5. The molecular formula is C24H20O4. The molecule has 3 aromatic carbocycles. The standard InChI is InChI=1S/C24H20O4/c1-4-23(25)21-8-7-19-13-18(5-6-20(19)14-21)17-9-11-22(12-10-17)28-24(26)16(2)15-27-3/h4-14H,1-2,15H2,3H3. The molecule has 0 unspecified atom stereocenters. The van der Waals surface area contributed by atoms with Gasteiger partial charge in [-0.1, -0.05) is 49.6 Å². The van der Waals surface area contributed by atoms with Gasteiger partial charge in [-0.05, 0) is 52.2 Å². The van der Waals surface area contributed by atoms with Crippen LogP contribution in [0.3, 0.4) is 0 Å². The van der Waals surface area contributed by atoms with Crippen molar-refractivity contribution in [2.75, 3.05) is 13.7 Å². The number of allylic oxidation sites excluding steroid dienone is 1. The first kappa shape index (κ1) is 19.3. The van der Waals surface area contributed by atoms with Crippen molar-refractivity contribution in [3.63, 3.8) is 0 Å². The Balaban J connectivity index is 1.80. The van der Waals surface area contributed by atoms with Crippen molar-refractivity contribution in [3.8, 4) is 16.9 Å². The molecule has 0 N–H and O–H groups in total. The number of hydrogen-bond acceptors (Lipinski definition) is 4. The molecular weight excluding hydrogens is 352 g/mol. The number of hydrogen-bond donors (Lipinski definition) is 0. The minimum Gasteiger partial charge on any atom is -0.423 e. The number of benzene rings is 3. The Morgan fingerprint density at radius 3 is 2.25 bits per heavy atom. The fraction of sp³-hybridized carbons (Fsp3) is 0.0833. The van der Waals surface area contributed by atoms with E-state index in [1.807, 2.05) is 36.4 Å². The number of fused-ring (bicyclic) bond motifs is 1. The number of esters is 1. The van der Waals surface area contributed by atoms with Crippen molar-refractivity contribution in [3.05, 3.63) is 91.0 Å². The van der Waals surface area contributed by atoms with Gasteiger partial charge in [-0.15, -0.1) is 0 Å². The third-order valence-corrected chi connectivity index (χ3v) is 4.32. The van der Waals surface area contributed by atoms with E-state index in [9.17, 15) is 9.59 Å². The Morgan fingerprint density at radius 2 is 1.57 bits per heavy atom. The first-order chi connectivity index (χ1) is 13.5. The number of ether oxygens (including phenoxy) is 2. The van der Waals surface area contributed by atoms with Gasteiger partial charge in [-0.3, -0.25) is 4.79 Å². The normalized spacial score (nSPS) is 10.5. The van der Waals surface area contributed by atoms with Crippen LogP contribution in [-0.4, -0.2) is 25.5 Å². The molecule has 3 aromatic rings. The Labute approximate surface area is 163 Å². The van der Waals surface area contributed by atoms with Gasteiger partial charge >= 0.3 is 5.97 Å². The van der Waals surface area contributed by atoms with Gasteiger partial charge in [0, 0.05) is 12.7 Å². The van der Waals surface area contributed by atoms with Crippen LogP contribution in [0.1, 0.15) is 10.4 Å². The molecule has 0 heterocycles. The molecule has 0 aromatic heterocycles. The maximum absolute atomic E-state index is 11.9. The van der Waals surface area contributed by atoms with E-state index < -0.39 is 5.97 Å². The highest BCUT2D eigenvalue weighted by molar-refractivity contribution is 6.06. The topological polar surface area (TPSA) is 52.6 Å². The van der Waals surface area contributed by atoms with Crippen molar-refractivity contribution in [2.45, 2.75) is 0 Å². The van der Waals surface area contributed by atoms with E-state index >= 15 is 0 Å². The molecule has 3 rings (SSSR count). The summed E-state index contributed by atoms with van der Waals surface area (Å²) >= 11 is 0. The molecule has 0 bridgehead atoms. The van der Waals surface area contributed by atoms with Gasteiger partial charge in [-0.25, -0.2) is 4.79 Å². The summed E-state index contributed by atoms with van der Waals surface area (Å²) in [5.74, 6) is -0.158. The molecule has 0 saturated heterocycles. The lowest BCUT2D eigenvalue weighted by atomic mass is 9.99. The summed E-state index contributed by atoms with van der Waals surface area (Å²) < 4.78 is 10.2. The Bertz CT molecular complexity index is 1060. The summed E-state index contributed by atoms with van der Waals surface area (Å²) in [6.07, 6.45) is 1.31. The van der Waals surface area contributed by atoms with Gasteiger partial charge in [0.2, 0.25) is 0 Å². The molecule has 0 fully saturated rings. The summed E-state index contributed by atoms with van der Waals surface area (Å²) in [7, 11) is 1.49. The highest BCUT2D eigenvalue weighted by Gasteiger charge is 2.10. The average Bonchev–Trinajstić information content (AvgIpc) is 2.73. The zero-order valence-electron chi connectivity index (χ0n) is 15.6. The maximum atomic E-state index is 11.9. The van der Waals surface area contributed by atoms with E-state index in [0.717, 1.165) is 21.9 Å². The van der Waals surface area contributed by atoms with Crippen molar-refractivity contribution in [2.24, 2.45) is 0 Å². The smallest absolute Gasteiger partial charge is 0.341 e. The second-order valence-electron chi connectivity index (χ2n) is 6.30. The molecule has 0 spiro atoms. The third kappa shape index (κ3) is 4.24. The van der Waals surface area contributed by atoms with Crippen LogP contribution in [0.4, 0.5) is 0 Å². The van der Waals surface area contributed by atoms with Crippen molar-refractivity contribution in [1.82, 2.24) is 0 Å². The van der Waals surface area contributed by atoms with Crippen LogP contribution < -0.4 is 4.74 Å². The largest absolute Gasteiger partial charge is 0.423 e. The lowest BCUT2D eigenvalue weighted by Crippen LogP contribution is -2.13. The predicted molar refractivity (Wildman–Crippen MR) is 111 cm³/mol. The monoisotopic (exact) mass is 372 g/mol. The van der Waals surface area contributed by atoms with E-state index in [0.29, 0.717) is 11.3 Å². The van der Waals surface area contributed by atoms with Crippen LogP contribution in [0.2, 0.25) is 0 Å². The van der Waals surface area contributed by atoms with Crippen molar-refractivity contribution in [1.29, 1.82) is 0 Å². The summed E-state index contributed by atoms with van der Waals surface area (Å²) in [6, 6.07) is 18.9. The minimum atomic E-state index is -0.509. The van der Waals surface area contributed by atoms with E-state index in [1.54, 1.807) is 18.2 Å². The van der Waals surface area contributed by atoms with Crippen LogP contribution in [-0.2, 0) is 9.53 Å². The predicted octanol–water partition coefficient (Wildman–Crippen LogP) is 4.98.